The third kappa shape index (κ3) is 3.58. The molecule has 0 aliphatic heterocycles. The molecule has 0 aliphatic carbocycles. The van der Waals surface area contributed by atoms with E-state index in [1.165, 1.54) is 11.3 Å². The lowest BCUT2D eigenvalue weighted by molar-refractivity contribution is -0.137. The molecular formula is C14H12F4OS. The van der Waals surface area contributed by atoms with E-state index in [4.69, 9.17) is 0 Å². The maximum absolute atomic E-state index is 13.5. The molecule has 0 bridgehead atoms. The highest BCUT2D eigenvalue weighted by Gasteiger charge is 2.31. The molecule has 20 heavy (non-hydrogen) atoms. The van der Waals surface area contributed by atoms with Crippen molar-refractivity contribution in [2.45, 2.75) is 25.1 Å². The Morgan fingerprint density at radius 1 is 1.20 bits per heavy atom. The number of halogens is 4. The summed E-state index contributed by atoms with van der Waals surface area (Å²) in [7, 11) is 0. The van der Waals surface area contributed by atoms with Crippen LogP contribution in [0, 0.1) is 5.82 Å². The average molecular weight is 304 g/mol. The molecular weight excluding hydrogens is 292 g/mol. The van der Waals surface area contributed by atoms with E-state index in [9.17, 15) is 22.7 Å². The first-order valence-electron chi connectivity index (χ1n) is 5.95. The minimum atomic E-state index is -4.55. The molecule has 0 radical (unpaired) electrons. The van der Waals surface area contributed by atoms with Crippen molar-refractivity contribution in [2.24, 2.45) is 0 Å². The van der Waals surface area contributed by atoms with Crippen LogP contribution in [0.2, 0.25) is 0 Å². The minimum absolute atomic E-state index is 0.179. The molecule has 1 nitrogen and oxygen atoms in total. The van der Waals surface area contributed by atoms with Gasteiger partial charge in [-0.05, 0) is 42.5 Å². The van der Waals surface area contributed by atoms with Gasteiger partial charge in [-0.1, -0.05) is 6.07 Å². The fourth-order valence-corrected chi connectivity index (χ4v) is 2.59. The van der Waals surface area contributed by atoms with Gasteiger partial charge in [0.25, 0.3) is 0 Å². The Morgan fingerprint density at radius 3 is 2.55 bits per heavy atom. The molecule has 2 rings (SSSR count). The molecule has 0 amide bonds. The molecule has 0 fully saturated rings. The van der Waals surface area contributed by atoms with Gasteiger partial charge in [-0.2, -0.15) is 13.2 Å². The Labute approximate surface area is 117 Å². The van der Waals surface area contributed by atoms with Crippen LogP contribution in [-0.4, -0.2) is 5.11 Å². The highest BCUT2D eigenvalue weighted by Crippen LogP contribution is 2.32. The van der Waals surface area contributed by atoms with Crippen LogP contribution in [0.15, 0.2) is 35.7 Å². The van der Waals surface area contributed by atoms with Crippen LogP contribution in [0.5, 0.6) is 0 Å². The Bertz CT molecular complexity index is 563. The summed E-state index contributed by atoms with van der Waals surface area (Å²) in [5.41, 5.74) is -1.26. The number of aliphatic hydroxyl groups is 1. The number of benzene rings is 1. The lowest BCUT2D eigenvalue weighted by Crippen LogP contribution is -2.09. The molecule has 0 spiro atoms. The average Bonchev–Trinajstić information content (AvgIpc) is 2.88. The SMILES string of the molecule is OC(CCc1cccs1)c1cc(C(F)(F)F)ccc1F. The number of aryl methyl sites for hydroxylation is 1. The van der Waals surface area contributed by atoms with Crippen molar-refractivity contribution >= 4 is 11.3 Å². The molecule has 1 aromatic heterocycles. The van der Waals surface area contributed by atoms with Crippen LogP contribution in [0.4, 0.5) is 17.6 Å². The van der Waals surface area contributed by atoms with E-state index in [1.54, 1.807) is 0 Å². The Balaban J connectivity index is 2.14. The summed E-state index contributed by atoms with van der Waals surface area (Å²) in [4.78, 5) is 0.997. The number of hydrogen-bond acceptors (Lipinski definition) is 2. The highest BCUT2D eigenvalue weighted by molar-refractivity contribution is 7.09. The molecule has 1 unspecified atom stereocenters. The standard InChI is InChI=1S/C14H12F4OS/c15-12-5-3-9(14(16,17)18)8-11(12)13(19)6-4-10-2-1-7-20-10/h1-3,5,7-8,13,19H,4,6H2. The van der Waals surface area contributed by atoms with Crippen LogP contribution in [0.25, 0.3) is 0 Å². The predicted molar refractivity (Wildman–Crippen MR) is 69.0 cm³/mol. The smallest absolute Gasteiger partial charge is 0.388 e. The number of rotatable bonds is 4. The van der Waals surface area contributed by atoms with Crippen molar-refractivity contribution in [2.75, 3.05) is 0 Å². The van der Waals surface area contributed by atoms with Crippen LogP contribution in [-0.2, 0) is 12.6 Å². The summed E-state index contributed by atoms with van der Waals surface area (Å²) in [5, 5.41) is 11.8. The van der Waals surface area contributed by atoms with Gasteiger partial charge in [-0.25, -0.2) is 4.39 Å². The second-order valence-corrected chi connectivity index (χ2v) is 5.40. The van der Waals surface area contributed by atoms with Gasteiger partial charge in [0.05, 0.1) is 11.7 Å². The fourth-order valence-electron chi connectivity index (χ4n) is 1.86. The normalized spacial score (nSPS) is 13.4. The number of thiophene rings is 1. The summed E-state index contributed by atoms with van der Waals surface area (Å²) >= 11 is 1.49. The maximum atomic E-state index is 13.5. The van der Waals surface area contributed by atoms with Gasteiger partial charge in [0, 0.05) is 10.4 Å². The van der Waals surface area contributed by atoms with Crippen molar-refractivity contribution in [1.29, 1.82) is 0 Å². The maximum Gasteiger partial charge on any atom is 0.416 e. The molecule has 1 N–H and O–H groups in total. The summed E-state index contributed by atoms with van der Waals surface area (Å²) in [6.45, 7) is 0. The van der Waals surface area contributed by atoms with Crippen molar-refractivity contribution in [3.8, 4) is 0 Å². The molecule has 2 aromatic rings. The number of aliphatic hydroxyl groups excluding tert-OH is 1. The third-order valence-corrected chi connectivity index (χ3v) is 3.86. The summed E-state index contributed by atoms with van der Waals surface area (Å²) in [6, 6.07) is 5.79. The lowest BCUT2D eigenvalue weighted by atomic mass is 10.0. The predicted octanol–water partition coefficient (Wildman–Crippen LogP) is 4.57. The molecule has 1 heterocycles. The minimum Gasteiger partial charge on any atom is -0.388 e. The fraction of sp³-hybridized carbons (Fsp3) is 0.286. The van der Waals surface area contributed by atoms with Gasteiger partial charge in [0.1, 0.15) is 5.82 Å². The summed E-state index contributed by atoms with van der Waals surface area (Å²) in [5.74, 6) is -0.823. The topological polar surface area (TPSA) is 20.2 Å². The van der Waals surface area contributed by atoms with Gasteiger partial charge < -0.3 is 5.11 Å². The summed E-state index contributed by atoms with van der Waals surface area (Å²) < 4.78 is 51.3. The van der Waals surface area contributed by atoms with Crippen molar-refractivity contribution in [3.05, 3.63) is 57.5 Å². The van der Waals surface area contributed by atoms with Gasteiger partial charge in [-0.3, -0.25) is 0 Å². The Kier molecular flexibility index (Phi) is 4.45. The Morgan fingerprint density at radius 2 is 1.95 bits per heavy atom. The van der Waals surface area contributed by atoms with E-state index < -0.39 is 23.7 Å². The zero-order valence-corrected chi connectivity index (χ0v) is 11.1. The van der Waals surface area contributed by atoms with Crippen molar-refractivity contribution in [1.82, 2.24) is 0 Å². The van der Waals surface area contributed by atoms with Crippen LogP contribution in [0.1, 0.15) is 28.5 Å². The third-order valence-electron chi connectivity index (χ3n) is 2.93. The van der Waals surface area contributed by atoms with Crippen LogP contribution >= 0.6 is 11.3 Å². The number of hydrogen-bond donors (Lipinski definition) is 1. The van der Waals surface area contributed by atoms with E-state index in [0.29, 0.717) is 18.6 Å². The largest absolute Gasteiger partial charge is 0.416 e. The molecule has 108 valence electrons. The van der Waals surface area contributed by atoms with Gasteiger partial charge >= 0.3 is 6.18 Å². The van der Waals surface area contributed by atoms with Crippen LogP contribution < -0.4 is 0 Å². The van der Waals surface area contributed by atoms with Gasteiger partial charge in [0.15, 0.2) is 0 Å². The first kappa shape index (κ1) is 15.0. The second-order valence-electron chi connectivity index (χ2n) is 4.37. The monoisotopic (exact) mass is 304 g/mol. The van der Waals surface area contributed by atoms with Gasteiger partial charge in [-0.15, -0.1) is 11.3 Å². The molecule has 0 saturated carbocycles. The first-order valence-corrected chi connectivity index (χ1v) is 6.83. The van der Waals surface area contributed by atoms with Gasteiger partial charge in [0.2, 0.25) is 0 Å². The van der Waals surface area contributed by atoms with E-state index in [1.807, 2.05) is 17.5 Å². The first-order chi connectivity index (χ1) is 9.38. The Hall–Kier alpha value is -1.40. The lowest BCUT2D eigenvalue weighted by Gasteiger charge is -2.14. The van der Waals surface area contributed by atoms with E-state index in [0.717, 1.165) is 10.9 Å². The van der Waals surface area contributed by atoms with E-state index in [-0.39, 0.29) is 12.0 Å². The molecule has 0 saturated heterocycles. The molecule has 0 aliphatic rings. The van der Waals surface area contributed by atoms with Crippen molar-refractivity contribution in [3.63, 3.8) is 0 Å². The molecule has 1 atom stereocenters. The van der Waals surface area contributed by atoms with Crippen LogP contribution in [0.3, 0.4) is 0 Å². The zero-order valence-electron chi connectivity index (χ0n) is 10.3. The quantitative estimate of drug-likeness (QED) is 0.820. The molecule has 1 aromatic carbocycles. The van der Waals surface area contributed by atoms with E-state index >= 15 is 0 Å². The van der Waals surface area contributed by atoms with Crippen molar-refractivity contribution < 1.29 is 22.7 Å². The summed E-state index contributed by atoms with van der Waals surface area (Å²) in [6.07, 6.45) is -5.12. The number of alkyl halides is 3. The van der Waals surface area contributed by atoms with E-state index in [2.05, 4.69) is 0 Å². The zero-order chi connectivity index (χ0) is 14.8. The highest BCUT2D eigenvalue weighted by atomic mass is 32.1. The molecule has 6 heteroatoms. The second kappa shape index (κ2) is 5.93.